The van der Waals surface area contributed by atoms with Gasteiger partial charge >= 0.3 is 0 Å². The number of sulfonamides is 1. The zero-order valence-electron chi connectivity index (χ0n) is 15.0. The van der Waals surface area contributed by atoms with Crippen LogP contribution in [0.3, 0.4) is 0 Å². The zero-order valence-corrected chi connectivity index (χ0v) is 16.6. The van der Waals surface area contributed by atoms with Crippen molar-refractivity contribution in [1.29, 1.82) is 0 Å². The SMILES string of the molecule is CS(=O)(=O)NC1CCCC1CNC(=O)c1ccn(C2CCCNC2)n1.Cl. The molecule has 1 saturated carbocycles. The lowest BCUT2D eigenvalue weighted by Crippen LogP contribution is -2.41. The van der Waals surface area contributed by atoms with E-state index in [1.807, 2.05) is 10.9 Å². The van der Waals surface area contributed by atoms with Gasteiger partial charge in [-0.1, -0.05) is 6.42 Å². The van der Waals surface area contributed by atoms with Crippen LogP contribution >= 0.6 is 12.4 Å². The number of amides is 1. The first-order chi connectivity index (χ1) is 11.9. The molecule has 1 aliphatic carbocycles. The van der Waals surface area contributed by atoms with E-state index in [1.165, 1.54) is 6.26 Å². The maximum absolute atomic E-state index is 12.3. The lowest BCUT2D eigenvalue weighted by atomic mass is 10.0. The van der Waals surface area contributed by atoms with E-state index in [2.05, 4.69) is 20.5 Å². The molecule has 1 saturated heterocycles. The second-order valence-corrected chi connectivity index (χ2v) is 8.86. The fourth-order valence-corrected chi connectivity index (χ4v) is 4.61. The number of piperidine rings is 1. The molecule has 3 rings (SSSR count). The Morgan fingerprint density at radius 3 is 2.85 bits per heavy atom. The molecule has 0 spiro atoms. The summed E-state index contributed by atoms with van der Waals surface area (Å²) >= 11 is 0. The Bertz CT molecular complexity index is 702. The molecule has 2 heterocycles. The van der Waals surface area contributed by atoms with E-state index < -0.39 is 10.0 Å². The molecule has 3 unspecified atom stereocenters. The Kier molecular flexibility index (Phi) is 7.45. The van der Waals surface area contributed by atoms with Gasteiger partial charge in [-0.05, 0) is 44.2 Å². The molecule has 8 nitrogen and oxygen atoms in total. The minimum Gasteiger partial charge on any atom is -0.350 e. The number of carbonyl (C=O) groups excluding carboxylic acids is 1. The van der Waals surface area contributed by atoms with Crippen molar-refractivity contribution in [2.45, 2.75) is 44.2 Å². The van der Waals surface area contributed by atoms with E-state index in [-0.39, 0.29) is 30.3 Å². The highest BCUT2D eigenvalue weighted by Crippen LogP contribution is 2.25. The maximum atomic E-state index is 12.3. The molecule has 0 aromatic carbocycles. The molecule has 26 heavy (non-hydrogen) atoms. The van der Waals surface area contributed by atoms with Crippen LogP contribution in [0.5, 0.6) is 0 Å². The van der Waals surface area contributed by atoms with Crippen LogP contribution in [0.4, 0.5) is 0 Å². The van der Waals surface area contributed by atoms with Crippen molar-refractivity contribution in [2.24, 2.45) is 5.92 Å². The monoisotopic (exact) mass is 405 g/mol. The Morgan fingerprint density at radius 2 is 2.15 bits per heavy atom. The van der Waals surface area contributed by atoms with Crippen molar-refractivity contribution < 1.29 is 13.2 Å². The second kappa shape index (κ2) is 9.16. The quantitative estimate of drug-likeness (QED) is 0.645. The summed E-state index contributed by atoms with van der Waals surface area (Å²) < 4.78 is 27.4. The lowest BCUT2D eigenvalue weighted by molar-refractivity contribution is 0.0939. The van der Waals surface area contributed by atoms with Crippen LogP contribution < -0.4 is 15.4 Å². The summed E-state index contributed by atoms with van der Waals surface area (Å²) in [4.78, 5) is 12.3. The highest BCUT2D eigenvalue weighted by Gasteiger charge is 2.30. The predicted octanol–water partition coefficient (Wildman–Crippen LogP) is 0.677. The molecule has 1 aliphatic heterocycles. The van der Waals surface area contributed by atoms with Crippen LogP contribution in [0.15, 0.2) is 12.3 Å². The summed E-state index contributed by atoms with van der Waals surface area (Å²) in [6.45, 7) is 2.38. The molecule has 1 amide bonds. The van der Waals surface area contributed by atoms with E-state index in [9.17, 15) is 13.2 Å². The second-order valence-electron chi connectivity index (χ2n) is 7.08. The number of aromatic nitrogens is 2. The third-order valence-electron chi connectivity index (χ3n) is 5.04. The molecule has 0 radical (unpaired) electrons. The number of nitrogens with zero attached hydrogens (tertiary/aromatic N) is 2. The van der Waals surface area contributed by atoms with Gasteiger partial charge in [-0.2, -0.15) is 5.10 Å². The van der Waals surface area contributed by atoms with E-state index in [1.54, 1.807) is 6.07 Å². The largest absolute Gasteiger partial charge is 0.350 e. The topological polar surface area (TPSA) is 105 Å². The first-order valence-corrected chi connectivity index (χ1v) is 10.8. The molecule has 2 aliphatic rings. The fraction of sp³-hybridized carbons (Fsp3) is 0.750. The number of hydrogen-bond donors (Lipinski definition) is 3. The molecule has 1 aromatic heterocycles. The summed E-state index contributed by atoms with van der Waals surface area (Å²) in [6.07, 6.45) is 7.91. The van der Waals surface area contributed by atoms with Gasteiger partial charge in [-0.15, -0.1) is 12.4 Å². The van der Waals surface area contributed by atoms with Gasteiger partial charge in [-0.3, -0.25) is 9.48 Å². The average Bonchev–Trinajstić information content (AvgIpc) is 3.21. The van der Waals surface area contributed by atoms with Gasteiger partial charge in [0.2, 0.25) is 10.0 Å². The molecule has 148 valence electrons. The van der Waals surface area contributed by atoms with Gasteiger partial charge in [-0.25, -0.2) is 13.1 Å². The van der Waals surface area contributed by atoms with Crippen molar-refractivity contribution >= 4 is 28.3 Å². The minimum absolute atomic E-state index is 0. The first kappa shape index (κ1) is 21.1. The summed E-state index contributed by atoms with van der Waals surface area (Å²) in [5.74, 6) is -0.0733. The van der Waals surface area contributed by atoms with Crippen molar-refractivity contribution in [2.75, 3.05) is 25.9 Å². The summed E-state index contributed by atoms with van der Waals surface area (Å²) in [6, 6.07) is 1.94. The molecule has 3 atom stereocenters. The average molecular weight is 406 g/mol. The van der Waals surface area contributed by atoms with Gasteiger partial charge < -0.3 is 10.6 Å². The summed E-state index contributed by atoms with van der Waals surface area (Å²) in [5, 5.41) is 10.7. The van der Waals surface area contributed by atoms with Crippen LogP contribution in [-0.4, -0.2) is 56.0 Å². The van der Waals surface area contributed by atoms with Crippen molar-refractivity contribution in [3.05, 3.63) is 18.0 Å². The molecule has 2 fully saturated rings. The van der Waals surface area contributed by atoms with Gasteiger partial charge in [0, 0.05) is 25.3 Å². The van der Waals surface area contributed by atoms with Gasteiger partial charge in [0.25, 0.3) is 5.91 Å². The van der Waals surface area contributed by atoms with Crippen LogP contribution in [0.25, 0.3) is 0 Å². The molecule has 0 bridgehead atoms. The fourth-order valence-electron chi connectivity index (χ4n) is 3.75. The number of nitrogens with one attached hydrogen (secondary N) is 3. The van der Waals surface area contributed by atoms with Crippen LogP contribution in [0, 0.1) is 5.92 Å². The summed E-state index contributed by atoms with van der Waals surface area (Å²) in [5.41, 5.74) is 0.413. The smallest absolute Gasteiger partial charge is 0.271 e. The maximum Gasteiger partial charge on any atom is 0.271 e. The molecule has 1 aromatic rings. The number of rotatable bonds is 6. The highest BCUT2D eigenvalue weighted by molar-refractivity contribution is 7.88. The Balaban J connectivity index is 0.00000243. The van der Waals surface area contributed by atoms with E-state index in [0.29, 0.717) is 18.3 Å². The Labute approximate surface area is 160 Å². The molecule has 3 N–H and O–H groups in total. The predicted molar refractivity (Wildman–Crippen MR) is 102 cm³/mol. The van der Waals surface area contributed by atoms with E-state index in [4.69, 9.17) is 0 Å². The van der Waals surface area contributed by atoms with Gasteiger partial charge in [0.1, 0.15) is 5.69 Å². The van der Waals surface area contributed by atoms with Crippen molar-refractivity contribution in [3.8, 4) is 0 Å². The lowest BCUT2D eigenvalue weighted by Gasteiger charge is -2.23. The van der Waals surface area contributed by atoms with Gasteiger partial charge in [0.05, 0.1) is 12.3 Å². The third-order valence-corrected chi connectivity index (χ3v) is 5.77. The zero-order chi connectivity index (χ0) is 17.9. The number of carbonyl (C=O) groups is 1. The number of halogens is 1. The standard InChI is InChI=1S/C16H27N5O3S.ClH/c1-25(23,24)20-14-6-2-4-12(14)10-18-16(22)15-7-9-21(19-15)13-5-3-8-17-11-13;/h7,9,12-14,17,20H,2-6,8,10-11H2,1H3,(H,18,22);1H. The third kappa shape index (κ3) is 5.67. The van der Waals surface area contributed by atoms with Crippen LogP contribution in [0.1, 0.15) is 48.6 Å². The summed E-state index contributed by atoms with van der Waals surface area (Å²) in [7, 11) is -3.22. The minimum atomic E-state index is -3.22. The molecular weight excluding hydrogens is 378 g/mol. The van der Waals surface area contributed by atoms with Crippen molar-refractivity contribution in [1.82, 2.24) is 25.1 Å². The van der Waals surface area contributed by atoms with E-state index >= 15 is 0 Å². The van der Waals surface area contributed by atoms with Crippen molar-refractivity contribution in [3.63, 3.8) is 0 Å². The number of hydrogen-bond acceptors (Lipinski definition) is 5. The Hall–Kier alpha value is -1.16. The van der Waals surface area contributed by atoms with Crippen LogP contribution in [0.2, 0.25) is 0 Å². The Morgan fingerprint density at radius 1 is 1.35 bits per heavy atom. The highest BCUT2D eigenvalue weighted by atomic mass is 35.5. The van der Waals surface area contributed by atoms with Gasteiger partial charge in [0.15, 0.2) is 0 Å². The molecular formula is C16H28ClN5O3S. The van der Waals surface area contributed by atoms with Crippen LogP contribution in [-0.2, 0) is 10.0 Å². The van der Waals surface area contributed by atoms with E-state index in [0.717, 1.165) is 45.2 Å². The normalized spacial score (nSPS) is 26.3. The first-order valence-electron chi connectivity index (χ1n) is 8.94. The molecule has 10 heteroatoms.